The van der Waals surface area contributed by atoms with E-state index < -0.39 is 46.5 Å². The Morgan fingerprint density at radius 2 is 0.338 bits per heavy atom. The van der Waals surface area contributed by atoms with Gasteiger partial charge in [0.25, 0.3) is 0 Å². The molecule has 14 heteroatoms. The van der Waals surface area contributed by atoms with E-state index in [9.17, 15) is 17.6 Å². The van der Waals surface area contributed by atoms with Crippen LogP contribution in [0.2, 0.25) is 0 Å². The molecule has 0 aliphatic rings. The fraction of sp³-hybridized carbons (Fsp3) is 0. The fourth-order valence-corrected chi connectivity index (χ4v) is 20.9. The van der Waals surface area contributed by atoms with Crippen LogP contribution >= 0.6 is 0 Å². The van der Waals surface area contributed by atoms with Gasteiger partial charge in [0.05, 0.1) is 55.5 Å². The number of aromatic nitrogens is 6. The molecule has 6 heterocycles. The predicted octanol–water partition coefficient (Wildman–Crippen LogP) is 33.6. The van der Waals surface area contributed by atoms with Gasteiger partial charge in [0.1, 0.15) is 46.5 Å². The minimum atomic E-state index is -0.405. The molecule has 26 rings (SSSR count). The van der Waals surface area contributed by atoms with Gasteiger partial charge in [0.2, 0.25) is 0 Å². The number of hydrogen-bond donors (Lipinski definition) is 0. The molecule has 0 spiro atoms. The van der Waals surface area contributed by atoms with Crippen LogP contribution in [0.25, 0.3) is 242 Å². The van der Waals surface area contributed by atoms with Crippen molar-refractivity contribution in [2.24, 2.45) is 0 Å². The summed E-state index contributed by atoms with van der Waals surface area (Å²) in [5.74, 6) is -3.22. The number of rotatable bonds is 12. The molecule has 0 N–H and O–H groups in total. The highest BCUT2D eigenvalue weighted by Gasteiger charge is 2.28. The van der Waals surface area contributed by atoms with Gasteiger partial charge in [-0.2, -0.15) is 0 Å². The minimum Gasteiger partial charge on any atom is -0.309 e. The Kier molecular flexibility index (Phi) is 19.0. The summed E-state index contributed by atoms with van der Waals surface area (Å²) in [6.07, 6.45) is 3.54. The van der Waals surface area contributed by atoms with Crippen molar-refractivity contribution in [2.45, 2.75) is 0 Å². The largest absolute Gasteiger partial charge is 0.309 e. The molecular formula is C122H70F8N6. The van der Waals surface area contributed by atoms with Crippen LogP contribution < -0.4 is 0 Å². The van der Waals surface area contributed by atoms with Gasteiger partial charge in [-0.15, -0.1) is 0 Å². The molecule has 644 valence electrons. The van der Waals surface area contributed by atoms with Crippen LogP contribution in [-0.2, 0) is 0 Å². The Morgan fingerprint density at radius 3 is 0.551 bits per heavy atom. The molecule has 0 radical (unpaired) electrons. The van der Waals surface area contributed by atoms with Gasteiger partial charge in [-0.1, -0.05) is 158 Å². The molecule has 0 unspecified atom stereocenters. The molecule has 26 aromatic rings. The third-order valence-electron chi connectivity index (χ3n) is 26.7. The highest BCUT2D eigenvalue weighted by molar-refractivity contribution is 6.25. The number of nitrogens with zero attached hydrogens (tertiary/aromatic N) is 6. The first kappa shape index (κ1) is 80.5. The van der Waals surface area contributed by atoms with E-state index in [-0.39, 0.29) is 0 Å². The van der Waals surface area contributed by atoms with Crippen molar-refractivity contribution in [3.05, 3.63) is 471 Å². The maximum Gasteiger partial charge on any atom is 0.123 e. The van der Waals surface area contributed by atoms with Gasteiger partial charge in [-0.05, 0) is 365 Å². The van der Waals surface area contributed by atoms with Crippen LogP contribution in [0.5, 0.6) is 0 Å². The van der Waals surface area contributed by atoms with E-state index in [4.69, 9.17) is 9.97 Å². The molecule has 0 saturated heterocycles. The first-order valence-corrected chi connectivity index (χ1v) is 44.7. The first-order valence-electron chi connectivity index (χ1n) is 44.7. The highest BCUT2D eigenvalue weighted by Crippen LogP contribution is 2.52. The summed E-state index contributed by atoms with van der Waals surface area (Å²) < 4.78 is 128. The number of hydrogen-bond acceptors (Lipinski definition) is 2. The van der Waals surface area contributed by atoms with Crippen molar-refractivity contribution >= 4 is 130 Å². The van der Waals surface area contributed by atoms with Crippen molar-refractivity contribution in [3.63, 3.8) is 0 Å². The summed E-state index contributed by atoms with van der Waals surface area (Å²) in [5.41, 5.74) is 24.8. The van der Waals surface area contributed by atoms with E-state index >= 15 is 17.6 Å². The van der Waals surface area contributed by atoms with E-state index in [2.05, 4.69) is 203 Å². The molecule has 6 aromatic heterocycles. The summed E-state index contributed by atoms with van der Waals surface area (Å²) in [6, 6.07) is 130. The van der Waals surface area contributed by atoms with Crippen LogP contribution in [0, 0.1) is 46.5 Å². The molecule has 20 aromatic carbocycles. The van der Waals surface area contributed by atoms with Crippen LogP contribution in [0.1, 0.15) is 0 Å². The SMILES string of the molecule is Fc1ccc2c(c1)c1cc(F)ccc1n2-c1ccc2c(-c3cc(-c4ccccc4)cc(-c4ccccc4)c3)c3cc(-n4c5ccc(F)cc5c5cc(F)ccc54)ccc3c(-c3cc(-c4ccccc4)cc(-c4ccccc4)c3)c2c1.Fc1ccc2c(c1)c1cc(F)ccc1n2-c1ccc2c(-c3ccccn3)c3cc(-n4c5ccc(F)cc5c5cc(F)ccc54)ccc3c(-c3ccccn3)c2c1. The molecule has 0 bridgehead atoms. The molecular weight excluding hydrogens is 1700 g/mol. The lowest BCUT2D eigenvalue weighted by molar-refractivity contribution is 0.628. The van der Waals surface area contributed by atoms with E-state index in [0.717, 1.165) is 199 Å². The van der Waals surface area contributed by atoms with Crippen LogP contribution in [0.4, 0.5) is 35.1 Å². The van der Waals surface area contributed by atoms with Crippen molar-refractivity contribution < 1.29 is 35.1 Å². The summed E-state index contributed by atoms with van der Waals surface area (Å²) >= 11 is 0. The number of pyridine rings is 2. The lowest BCUT2D eigenvalue weighted by Crippen LogP contribution is -1.99. The summed E-state index contributed by atoms with van der Waals surface area (Å²) in [5, 5.41) is 12.4. The molecule has 0 amide bonds. The molecule has 0 aliphatic carbocycles. The number of benzene rings is 20. The van der Waals surface area contributed by atoms with Crippen molar-refractivity contribution in [1.29, 1.82) is 0 Å². The quantitative estimate of drug-likeness (QED) is 0.0904. The van der Waals surface area contributed by atoms with Gasteiger partial charge >= 0.3 is 0 Å². The Balaban J connectivity index is 0.000000154. The number of halogens is 8. The molecule has 6 nitrogen and oxygen atoms in total. The van der Waals surface area contributed by atoms with Crippen LogP contribution in [-0.4, -0.2) is 28.2 Å². The molecule has 0 aliphatic heterocycles. The van der Waals surface area contributed by atoms with Gasteiger partial charge in [0, 0.05) is 89.4 Å². The van der Waals surface area contributed by atoms with Crippen molar-refractivity contribution in [2.75, 3.05) is 0 Å². The monoisotopic (exact) mass is 1770 g/mol. The summed E-state index contributed by atoms with van der Waals surface area (Å²) in [6.45, 7) is 0. The van der Waals surface area contributed by atoms with E-state index in [1.54, 1.807) is 60.9 Å². The van der Waals surface area contributed by atoms with Crippen molar-refractivity contribution in [3.8, 4) is 112 Å². The molecule has 0 saturated carbocycles. The third-order valence-corrected chi connectivity index (χ3v) is 26.7. The van der Waals surface area contributed by atoms with E-state index in [1.807, 2.05) is 81.9 Å². The van der Waals surface area contributed by atoms with Gasteiger partial charge in [-0.25, -0.2) is 35.1 Å². The molecule has 136 heavy (non-hydrogen) atoms. The van der Waals surface area contributed by atoms with E-state index in [1.165, 1.54) is 97.1 Å². The van der Waals surface area contributed by atoms with Crippen LogP contribution in [0.15, 0.2) is 425 Å². The second-order valence-electron chi connectivity index (χ2n) is 34.5. The zero-order valence-corrected chi connectivity index (χ0v) is 72.1. The zero-order valence-electron chi connectivity index (χ0n) is 72.1. The topological polar surface area (TPSA) is 45.5 Å². The van der Waals surface area contributed by atoms with Gasteiger partial charge in [-0.3, -0.25) is 9.97 Å². The van der Waals surface area contributed by atoms with Crippen LogP contribution in [0.3, 0.4) is 0 Å². The normalized spacial score (nSPS) is 11.8. The summed E-state index contributed by atoms with van der Waals surface area (Å²) in [7, 11) is 0. The highest BCUT2D eigenvalue weighted by atomic mass is 19.2. The Labute approximate surface area is 772 Å². The fourth-order valence-electron chi connectivity index (χ4n) is 20.9. The molecule has 0 fully saturated rings. The third kappa shape index (κ3) is 13.5. The lowest BCUT2D eigenvalue weighted by atomic mass is 9.83. The smallest absolute Gasteiger partial charge is 0.123 e. The number of fused-ring (bicyclic) bond motifs is 16. The zero-order chi connectivity index (χ0) is 91.2. The average molecular weight is 1770 g/mol. The standard InChI is InChI=1S/C74H44F4N2.C48H26F4N4/c75-55-21-29-69-63(39-55)64-40-56(76)22-30-70(64)79(69)59-26-28-62-67(43-59)73(53-35-49(45-13-5-1-6-14-45)33-50(36-53)46-15-7-2-8-16-46)61-27-25-60(80-71-31-23-57(77)41-65(71)66-42-58(78)24-32-72(66)80)44-68(61)74(62)54-37-51(47-17-9-3-10-18-47)34-52(38-54)48-19-11-4-12-20-48;49-27-7-15-43-35(21-27)36-22-28(50)8-16-44(36)55(43)31-12-14-34-39(25-31)47(41-5-1-3-19-53-41)33-13-11-32(26-40(33)48(34)42-6-2-4-20-54-42)56-45-17-9-29(51)23-37(45)38-24-30(52)10-18-46(38)56/h1-44H;1-26H. The Hall–Kier alpha value is -17.6. The molecule has 0 atom stereocenters. The average Bonchev–Trinajstić information content (AvgIpc) is 1.22. The maximum absolute atomic E-state index is 15.2. The second kappa shape index (κ2) is 32.1. The Bertz CT molecular complexity index is 8550. The van der Waals surface area contributed by atoms with Gasteiger partial charge in [0.15, 0.2) is 0 Å². The summed E-state index contributed by atoms with van der Waals surface area (Å²) in [4.78, 5) is 9.70. The lowest BCUT2D eigenvalue weighted by Gasteiger charge is -2.22. The maximum atomic E-state index is 15.2. The minimum absolute atomic E-state index is 0.400. The van der Waals surface area contributed by atoms with Gasteiger partial charge < -0.3 is 18.3 Å². The Morgan fingerprint density at radius 1 is 0.140 bits per heavy atom. The van der Waals surface area contributed by atoms with E-state index in [0.29, 0.717) is 43.1 Å². The predicted molar refractivity (Wildman–Crippen MR) is 539 cm³/mol. The second-order valence-corrected chi connectivity index (χ2v) is 34.5. The first-order chi connectivity index (χ1) is 66.7. The van der Waals surface area contributed by atoms with Crippen molar-refractivity contribution in [1.82, 2.24) is 28.2 Å².